The maximum atomic E-state index is 6.05. The van der Waals surface area contributed by atoms with E-state index in [-0.39, 0.29) is 0 Å². The van der Waals surface area contributed by atoms with E-state index in [0.717, 1.165) is 28.9 Å². The largest absolute Gasteiger partial charge is 0.491 e. The van der Waals surface area contributed by atoms with Gasteiger partial charge in [-0.3, -0.25) is 9.25 Å². The third-order valence-corrected chi connectivity index (χ3v) is 3.09. The molecule has 0 unspecified atom stereocenters. The van der Waals surface area contributed by atoms with Crippen molar-refractivity contribution in [2.24, 2.45) is 7.05 Å². The zero-order valence-corrected chi connectivity index (χ0v) is 11.6. The number of nitrogen functional groups attached to an aromatic ring is 1. The van der Waals surface area contributed by atoms with Crippen molar-refractivity contribution in [2.75, 3.05) is 12.3 Å². The first kappa shape index (κ1) is 12.5. The number of anilines is 1. The van der Waals surface area contributed by atoms with E-state index in [2.05, 4.69) is 17.0 Å². The average molecular weight is 271 g/mol. The molecule has 2 heterocycles. The maximum Gasteiger partial charge on any atom is 0.206 e. The number of hydrogen-bond acceptors (Lipinski definition) is 4. The fourth-order valence-electron chi connectivity index (χ4n) is 2.22. The second kappa shape index (κ2) is 4.88. The van der Waals surface area contributed by atoms with Crippen LogP contribution in [0.3, 0.4) is 0 Å². The molecule has 0 radical (unpaired) electrons. The van der Waals surface area contributed by atoms with Crippen LogP contribution in [0.15, 0.2) is 30.6 Å². The van der Waals surface area contributed by atoms with Crippen molar-refractivity contribution in [1.82, 2.24) is 19.3 Å². The number of ether oxygens (including phenoxy) is 1. The fraction of sp³-hybridized carbons (Fsp3) is 0.286. The predicted molar refractivity (Wildman–Crippen MR) is 78.0 cm³/mol. The molecule has 0 spiro atoms. The molecule has 3 aromatic rings. The Hall–Kier alpha value is -2.50. The summed E-state index contributed by atoms with van der Waals surface area (Å²) in [6.07, 6.45) is 4.61. The minimum atomic E-state index is 0.431. The Morgan fingerprint density at radius 1 is 1.35 bits per heavy atom. The predicted octanol–water partition coefficient (Wildman–Crippen LogP) is 2.13. The van der Waals surface area contributed by atoms with Crippen LogP contribution in [0.25, 0.3) is 16.7 Å². The van der Waals surface area contributed by atoms with Gasteiger partial charge in [0.05, 0.1) is 24.0 Å². The van der Waals surface area contributed by atoms with Crippen molar-refractivity contribution >= 4 is 17.0 Å². The summed E-state index contributed by atoms with van der Waals surface area (Å²) >= 11 is 0. The van der Waals surface area contributed by atoms with Gasteiger partial charge in [0.15, 0.2) is 0 Å². The highest BCUT2D eigenvalue weighted by molar-refractivity contribution is 5.86. The molecular weight excluding hydrogens is 254 g/mol. The highest BCUT2D eigenvalue weighted by atomic mass is 16.5. The van der Waals surface area contributed by atoms with Gasteiger partial charge in [0.2, 0.25) is 5.95 Å². The van der Waals surface area contributed by atoms with Crippen molar-refractivity contribution < 1.29 is 4.74 Å². The Balaban J connectivity index is 2.16. The molecule has 0 fully saturated rings. The van der Waals surface area contributed by atoms with Gasteiger partial charge in [-0.2, -0.15) is 5.10 Å². The Morgan fingerprint density at radius 3 is 2.90 bits per heavy atom. The van der Waals surface area contributed by atoms with E-state index in [4.69, 9.17) is 10.5 Å². The lowest BCUT2D eigenvalue weighted by Crippen LogP contribution is -1.99. The average Bonchev–Trinajstić information content (AvgIpc) is 2.99. The molecular formula is C14H17N5O. The standard InChI is InChI=1S/C14H17N5O/c1-3-7-20-12-6-4-5-11-13(12)17-14(15)19(11)10-8-16-18(2)9-10/h4-6,8-9H,3,7H2,1-2H3,(H2,15,17). The molecule has 6 nitrogen and oxygen atoms in total. The molecule has 20 heavy (non-hydrogen) atoms. The Labute approximate surface area is 116 Å². The van der Waals surface area contributed by atoms with Crippen molar-refractivity contribution in [1.29, 1.82) is 0 Å². The van der Waals surface area contributed by atoms with Gasteiger partial charge in [-0.05, 0) is 18.6 Å². The van der Waals surface area contributed by atoms with E-state index in [1.165, 1.54) is 0 Å². The molecule has 2 N–H and O–H groups in total. The van der Waals surface area contributed by atoms with Crippen molar-refractivity contribution in [2.45, 2.75) is 13.3 Å². The topological polar surface area (TPSA) is 70.9 Å². The Bertz CT molecular complexity index is 743. The van der Waals surface area contributed by atoms with Crippen LogP contribution in [-0.4, -0.2) is 25.9 Å². The van der Waals surface area contributed by atoms with Crippen molar-refractivity contribution in [3.8, 4) is 11.4 Å². The lowest BCUT2D eigenvalue weighted by Gasteiger charge is -2.05. The summed E-state index contributed by atoms with van der Waals surface area (Å²) < 4.78 is 9.34. The number of hydrogen-bond donors (Lipinski definition) is 1. The van der Waals surface area contributed by atoms with E-state index >= 15 is 0 Å². The first-order chi connectivity index (χ1) is 9.70. The van der Waals surface area contributed by atoms with Crippen LogP contribution < -0.4 is 10.5 Å². The first-order valence-electron chi connectivity index (χ1n) is 6.59. The molecule has 0 saturated heterocycles. The molecule has 2 aromatic heterocycles. The van der Waals surface area contributed by atoms with Gasteiger partial charge < -0.3 is 10.5 Å². The number of nitrogens with two attached hydrogens (primary N) is 1. The summed E-state index contributed by atoms with van der Waals surface area (Å²) in [5.41, 5.74) is 8.64. The summed E-state index contributed by atoms with van der Waals surface area (Å²) in [5, 5.41) is 4.17. The molecule has 0 atom stereocenters. The Kier molecular flexibility index (Phi) is 3.06. The summed E-state index contributed by atoms with van der Waals surface area (Å²) in [5.74, 6) is 1.19. The van der Waals surface area contributed by atoms with Crippen molar-refractivity contribution in [3.05, 3.63) is 30.6 Å². The number of imidazole rings is 1. The molecule has 1 aromatic carbocycles. The molecule has 6 heteroatoms. The summed E-state index contributed by atoms with van der Waals surface area (Å²) in [4.78, 5) is 4.43. The molecule has 0 aliphatic heterocycles. The lowest BCUT2D eigenvalue weighted by molar-refractivity contribution is 0.320. The third-order valence-electron chi connectivity index (χ3n) is 3.09. The highest BCUT2D eigenvalue weighted by Crippen LogP contribution is 2.29. The van der Waals surface area contributed by atoms with E-state index < -0.39 is 0 Å². The molecule has 0 aliphatic rings. The number of para-hydroxylation sites is 1. The minimum Gasteiger partial charge on any atom is -0.491 e. The second-order valence-corrected chi connectivity index (χ2v) is 4.65. The molecule has 3 rings (SSSR count). The number of rotatable bonds is 4. The van der Waals surface area contributed by atoms with E-state index in [1.807, 2.05) is 36.0 Å². The number of aryl methyl sites for hydroxylation is 1. The molecule has 104 valence electrons. The third kappa shape index (κ3) is 1.99. The van der Waals surface area contributed by atoms with E-state index in [9.17, 15) is 0 Å². The number of aromatic nitrogens is 4. The van der Waals surface area contributed by atoms with Gasteiger partial charge in [-0.15, -0.1) is 0 Å². The van der Waals surface area contributed by atoms with Crippen LogP contribution >= 0.6 is 0 Å². The van der Waals surface area contributed by atoms with Crippen LogP contribution in [0.2, 0.25) is 0 Å². The van der Waals surface area contributed by atoms with Crippen LogP contribution in [-0.2, 0) is 7.05 Å². The molecule has 0 saturated carbocycles. The summed E-state index contributed by atoms with van der Waals surface area (Å²) in [7, 11) is 1.87. The highest BCUT2D eigenvalue weighted by Gasteiger charge is 2.14. The number of nitrogens with zero attached hydrogens (tertiary/aromatic N) is 4. The monoisotopic (exact) mass is 271 g/mol. The smallest absolute Gasteiger partial charge is 0.206 e. The first-order valence-corrected chi connectivity index (χ1v) is 6.59. The number of fused-ring (bicyclic) bond motifs is 1. The van der Waals surface area contributed by atoms with Crippen LogP contribution in [0.4, 0.5) is 5.95 Å². The van der Waals surface area contributed by atoms with Crippen LogP contribution in [0.1, 0.15) is 13.3 Å². The second-order valence-electron chi connectivity index (χ2n) is 4.65. The van der Waals surface area contributed by atoms with Gasteiger partial charge >= 0.3 is 0 Å². The summed E-state index contributed by atoms with van der Waals surface area (Å²) in [6.45, 7) is 2.74. The Morgan fingerprint density at radius 2 is 2.20 bits per heavy atom. The van der Waals surface area contributed by atoms with Crippen LogP contribution in [0, 0.1) is 0 Å². The SMILES string of the molecule is CCCOc1cccc2c1nc(N)n2-c1cnn(C)c1. The van der Waals surface area contributed by atoms with Crippen LogP contribution in [0.5, 0.6) is 5.75 Å². The van der Waals surface area contributed by atoms with E-state index in [0.29, 0.717) is 12.6 Å². The quantitative estimate of drug-likeness (QED) is 0.789. The summed E-state index contributed by atoms with van der Waals surface area (Å²) in [6, 6.07) is 5.84. The van der Waals surface area contributed by atoms with Gasteiger partial charge in [-0.25, -0.2) is 4.98 Å². The van der Waals surface area contributed by atoms with Gasteiger partial charge in [0, 0.05) is 13.2 Å². The molecule has 0 amide bonds. The van der Waals surface area contributed by atoms with Gasteiger partial charge in [0.25, 0.3) is 0 Å². The molecule has 0 aliphatic carbocycles. The number of benzene rings is 1. The van der Waals surface area contributed by atoms with Crippen molar-refractivity contribution in [3.63, 3.8) is 0 Å². The normalized spacial score (nSPS) is 11.1. The maximum absolute atomic E-state index is 6.05. The lowest BCUT2D eigenvalue weighted by atomic mass is 10.3. The van der Waals surface area contributed by atoms with Gasteiger partial charge in [0.1, 0.15) is 11.3 Å². The minimum absolute atomic E-state index is 0.431. The van der Waals surface area contributed by atoms with E-state index in [1.54, 1.807) is 10.9 Å². The zero-order chi connectivity index (χ0) is 14.1. The zero-order valence-electron chi connectivity index (χ0n) is 11.6. The molecule has 0 bridgehead atoms. The fourth-order valence-corrected chi connectivity index (χ4v) is 2.22. The van der Waals surface area contributed by atoms with Gasteiger partial charge in [-0.1, -0.05) is 13.0 Å².